The summed E-state index contributed by atoms with van der Waals surface area (Å²) < 4.78 is 0.999. The number of aromatic nitrogens is 1. The van der Waals surface area contributed by atoms with Crippen molar-refractivity contribution in [2.75, 3.05) is 0 Å². The largest absolute Gasteiger partial charge is 0.494 e. The van der Waals surface area contributed by atoms with E-state index in [-0.39, 0.29) is 11.4 Å². The normalized spacial score (nSPS) is 10.9. The van der Waals surface area contributed by atoms with Gasteiger partial charge in [-0.05, 0) is 49.6 Å². The third kappa shape index (κ3) is 2.81. The molecule has 0 aliphatic rings. The van der Waals surface area contributed by atoms with E-state index in [9.17, 15) is 9.90 Å². The third-order valence-electron chi connectivity index (χ3n) is 3.63. The number of hydrogen-bond acceptors (Lipinski definition) is 4. The number of benzene rings is 1. The van der Waals surface area contributed by atoms with Crippen molar-refractivity contribution in [1.29, 1.82) is 5.26 Å². The SMILES string of the molecule is Cc1c(Br)ccc(N=Cc2c(O)[nH]c(=O)c(C#N)c2C)c1C. The number of nitrogens with one attached hydrogen (secondary N) is 1. The zero-order chi connectivity index (χ0) is 16.4. The second-order valence-electron chi connectivity index (χ2n) is 4.90. The van der Waals surface area contributed by atoms with Crippen LogP contribution in [0.2, 0.25) is 0 Å². The second-order valence-corrected chi connectivity index (χ2v) is 5.76. The number of hydrogen-bond donors (Lipinski definition) is 2. The molecule has 0 radical (unpaired) electrons. The first-order chi connectivity index (χ1) is 10.4. The summed E-state index contributed by atoms with van der Waals surface area (Å²) in [5.41, 5.74) is 2.94. The molecular weight excluding hydrogens is 346 g/mol. The molecule has 0 amide bonds. The molecule has 1 aromatic carbocycles. The van der Waals surface area contributed by atoms with E-state index in [1.165, 1.54) is 6.21 Å². The summed E-state index contributed by atoms with van der Waals surface area (Å²) in [4.78, 5) is 18.2. The molecule has 0 atom stereocenters. The fourth-order valence-electron chi connectivity index (χ4n) is 2.06. The monoisotopic (exact) mass is 359 g/mol. The van der Waals surface area contributed by atoms with Gasteiger partial charge in [0.25, 0.3) is 5.56 Å². The molecule has 0 saturated heterocycles. The Kier molecular flexibility index (Phi) is 4.48. The van der Waals surface area contributed by atoms with Gasteiger partial charge in [-0.2, -0.15) is 5.26 Å². The van der Waals surface area contributed by atoms with Crippen LogP contribution in [0, 0.1) is 32.1 Å². The van der Waals surface area contributed by atoms with Gasteiger partial charge >= 0.3 is 0 Å². The van der Waals surface area contributed by atoms with Gasteiger partial charge in [0.2, 0.25) is 5.88 Å². The summed E-state index contributed by atoms with van der Waals surface area (Å²) in [6.07, 6.45) is 1.46. The summed E-state index contributed by atoms with van der Waals surface area (Å²) in [5, 5.41) is 18.9. The highest BCUT2D eigenvalue weighted by atomic mass is 79.9. The van der Waals surface area contributed by atoms with Gasteiger partial charge in [0, 0.05) is 10.7 Å². The van der Waals surface area contributed by atoms with Crippen molar-refractivity contribution in [2.24, 2.45) is 4.99 Å². The molecule has 5 nitrogen and oxygen atoms in total. The standard InChI is InChI=1S/C16H14BrN3O2/c1-8-9(2)14(5-4-13(8)17)19-7-12-10(3)11(6-18)15(21)20-16(12)22/h4-5,7H,1-3H3,(H2,20,21,22). The topological polar surface area (TPSA) is 89.2 Å². The van der Waals surface area contributed by atoms with Crippen molar-refractivity contribution in [3.05, 3.63) is 54.8 Å². The molecule has 1 heterocycles. The highest BCUT2D eigenvalue weighted by Gasteiger charge is 2.12. The van der Waals surface area contributed by atoms with Crippen molar-refractivity contribution >= 4 is 27.8 Å². The van der Waals surface area contributed by atoms with Crippen LogP contribution in [-0.4, -0.2) is 16.3 Å². The molecule has 2 aromatic rings. The van der Waals surface area contributed by atoms with Crippen LogP contribution in [0.4, 0.5) is 5.69 Å². The van der Waals surface area contributed by atoms with E-state index in [0.29, 0.717) is 11.1 Å². The molecule has 22 heavy (non-hydrogen) atoms. The maximum absolute atomic E-state index is 11.6. The summed E-state index contributed by atoms with van der Waals surface area (Å²) in [5.74, 6) is -0.295. The van der Waals surface area contributed by atoms with E-state index in [2.05, 4.69) is 25.9 Å². The molecule has 0 aliphatic carbocycles. The lowest BCUT2D eigenvalue weighted by Gasteiger charge is -2.07. The number of pyridine rings is 1. The Balaban J connectivity index is 2.55. The minimum absolute atomic E-state index is 0.0250. The van der Waals surface area contributed by atoms with E-state index in [0.717, 1.165) is 21.3 Å². The second kappa shape index (κ2) is 6.16. The number of nitriles is 1. The Bertz CT molecular complexity index is 876. The van der Waals surface area contributed by atoms with E-state index in [1.807, 2.05) is 32.0 Å². The van der Waals surface area contributed by atoms with Gasteiger partial charge in [-0.3, -0.25) is 14.8 Å². The summed E-state index contributed by atoms with van der Waals surface area (Å²) in [7, 11) is 0. The van der Waals surface area contributed by atoms with Crippen molar-refractivity contribution in [2.45, 2.75) is 20.8 Å². The Labute approximate surface area is 136 Å². The van der Waals surface area contributed by atoms with E-state index >= 15 is 0 Å². The Hall–Kier alpha value is -2.39. The molecule has 1 aromatic heterocycles. The third-order valence-corrected chi connectivity index (χ3v) is 4.49. The lowest BCUT2D eigenvalue weighted by molar-refractivity contribution is 0.450. The predicted octanol–water partition coefficient (Wildman–Crippen LogP) is 3.39. The number of aliphatic imine (C=N–C) groups is 1. The van der Waals surface area contributed by atoms with Gasteiger partial charge in [0.15, 0.2) is 0 Å². The van der Waals surface area contributed by atoms with E-state index in [1.54, 1.807) is 6.92 Å². The predicted molar refractivity (Wildman–Crippen MR) is 89.0 cm³/mol. The Morgan fingerprint density at radius 2 is 1.95 bits per heavy atom. The molecule has 0 spiro atoms. The highest BCUT2D eigenvalue weighted by molar-refractivity contribution is 9.10. The van der Waals surface area contributed by atoms with Crippen LogP contribution < -0.4 is 5.56 Å². The van der Waals surface area contributed by atoms with Crippen molar-refractivity contribution in [3.63, 3.8) is 0 Å². The van der Waals surface area contributed by atoms with Gasteiger partial charge in [-0.15, -0.1) is 0 Å². The summed E-state index contributed by atoms with van der Waals surface area (Å²) in [6, 6.07) is 5.59. The highest BCUT2D eigenvalue weighted by Crippen LogP contribution is 2.28. The molecule has 2 N–H and O–H groups in total. The van der Waals surface area contributed by atoms with E-state index < -0.39 is 5.56 Å². The zero-order valence-electron chi connectivity index (χ0n) is 12.4. The van der Waals surface area contributed by atoms with Gasteiger partial charge in [0.1, 0.15) is 11.6 Å². The number of rotatable bonds is 2. The van der Waals surface area contributed by atoms with Crippen LogP contribution in [0.25, 0.3) is 0 Å². The van der Waals surface area contributed by atoms with E-state index in [4.69, 9.17) is 5.26 Å². The van der Waals surface area contributed by atoms with Crippen LogP contribution in [-0.2, 0) is 0 Å². The first-order valence-corrected chi connectivity index (χ1v) is 7.31. The van der Waals surface area contributed by atoms with Gasteiger partial charge < -0.3 is 5.11 Å². The Morgan fingerprint density at radius 1 is 1.27 bits per heavy atom. The number of aromatic hydroxyl groups is 1. The van der Waals surface area contributed by atoms with Crippen molar-refractivity contribution in [3.8, 4) is 11.9 Å². The summed E-state index contributed by atoms with van der Waals surface area (Å²) in [6.45, 7) is 5.54. The number of H-pyrrole nitrogens is 1. The van der Waals surface area contributed by atoms with Crippen LogP contribution in [0.3, 0.4) is 0 Å². The maximum atomic E-state index is 11.6. The minimum Gasteiger partial charge on any atom is -0.494 e. The van der Waals surface area contributed by atoms with Gasteiger partial charge in [0.05, 0.1) is 11.3 Å². The first-order valence-electron chi connectivity index (χ1n) is 6.52. The quantitative estimate of drug-likeness (QED) is 0.805. The van der Waals surface area contributed by atoms with Gasteiger partial charge in [-0.25, -0.2) is 0 Å². The fraction of sp³-hybridized carbons (Fsp3) is 0.188. The first kappa shape index (κ1) is 16.0. The molecule has 0 fully saturated rings. The number of aromatic amines is 1. The summed E-state index contributed by atoms with van der Waals surface area (Å²) >= 11 is 3.46. The van der Waals surface area contributed by atoms with Crippen LogP contribution in [0.15, 0.2) is 26.4 Å². The molecule has 2 rings (SSSR count). The molecule has 0 bridgehead atoms. The number of nitrogens with zero attached hydrogens (tertiary/aromatic N) is 2. The minimum atomic E-state index is -0.606. The molecule has 112 valence electrons. The fourth-order valence-corrected chi connectivity index (χ4v) is 2.49. The smallest absolute Gasteiger partial charge is 0.268 e. The molecule has 0 saturated carbocycles. The van der Waals surface area contributed by atoms with Crippen LogP contribution in [0.1, 0.15) is 27.8 Å². The molecule has 0 aliphatic heterocycles. The lowest BCUT2D eigenvalue weighted by Crippen LogP contribution is -2.14. The van der Waals surface area contributed by atoms with Crippen molar-refractivity contribution in [1.82, 2.24) is 4.98 Å². The van der Waals surface area contributed by atoms with Crippen LogP contribution >= 0.6 is 15.9 Å². The van der Waals surface area contributed by atoms with Crippen LogP contribution in [0.5, 0.6) is 5.88 Å². The van der Waals surface area contributed by atoms with Crippen molar-refractivity contribution < 1.29 is 5.11 Å². The average Bonchev–Trinajstić information content (AvgIpc) is 2.46. The van der Waals surface area contributed by atoms with Gasteiger partial charge in [-0.1, -0.05) is 15.9 Å². The maximum Gasteiger partial charge on any atom is 0.268 e. The molecule has 6 heteroatoms. The molecular formula is C16H14BrN3O2. The Morgan fingerprint density at radius 3 is 2.59 bits per heavy atom. The molecule has 0 unspecified atom stereocenters. The average molecular weight is 360 g/mol. The zero-order valence-corrected chi connectivity index (χ0v) is 13.9. The lowest BCUT2D eigenvalue weighted by atomic mass is 10.1. The number of halogens is 1.